The molecule has 3 aromatic rings. The van der Waals surface area contributed by atoms with E-state index in [1.807, 2.05) is 11.5 Å². The van der Waals surface area contributed by atoms with Crippen LogP contribution in [-0.2, 0) is 14.8 Å². The molecule has 0 unspecified atom stereocenters. The van der Waals surface area contributed by atoms with Gasteiger partial charge in [-0.3, -0.25) is 9.36 Å². The summed E-state index contributed by atoms with van der Waals surface area (Å²) in [5.41, 5.74) is 1.09. The fourth-order valence-corrected chi connectivity index (χ4v) is 4.14. The van der Waals surface area contributed by atoms with Gasteiger partial charge in [-0.25, -0.2) is 28.1 Å². The molecule has 158 valence electrons. The molecule has 0 aliphatic heterocycles. The van der Waals surface area contributed by atoms with E-state index in [0.29, 0.717) is 29.4 Å². The van der Waals surface area contributed by atoms with Crippen LogP contribution in [0.4, 0.5) is 11.5 Å². The Kier molecular flexibility index (Phi) is 6.43. The van der Waals surface area contributed by atoms with Gasteiger partial charge in [0.25, 0.3) is 0 Å². The molecule has 0 fully saturated rings. The number of carbonyl (C=O) groups is 1. The zero-order valence-electron chi connectivity index (χ0n) is 16.9. The van der Waals surface area contributed by atoms with Gasteiger partial charge in [-0.15, -0.1) is 0 Å². The van der Waals surface area contributed by atoms with Gasteiger partial charge in [0.15, 0.2) is 0 Å². The third-order valence-corrected chi connectivity index (χ3v) is 5.85. The minimum Gasteiger partial charge on any atom is -0.369 e. The highest BCUT2D eigenvalue weighted by Gasteiger charge is 2.16. The third-order valence-electron chi connectivity index (χ3n) is 4.23. The van der Waals surface area contributed by atoms with Crippen LogP contribution in [0, 0.1) is 13.8 Å². The van der Waals surface area contributed by atoms with Gasteiger partial charge in [0.2, 0.25) is 15.9 Å². The standard InChI is InChI=1S/C19H23N7O3S/c1-13-10-16(25-15(3)27)4-5-17(13)30(28,29)24-7-6-21-18-11-19(23-12-22-18)26-9-8-20-14(26)2/h4-5,8-12,24H,6-7H2,1-3H3,(H,25,27)(H,21,22,23). The number of imidazole rings is 1. The molecule has 2 heterocycles. The summed E-state index contributed by atoms with van der Waals surface area (Å²) in [5, 5.41) is 5.71. The first-order valence-corrected chi connectivity index (χ1v) is 10.7. The van der Waals surface area contributed by atoms with Gasteiger partial charge in [-0.1, -0.05) is 0 Å². The van der Waals surface area contributed by atoms with Gasteiger partial charge in [-0.05, 0) is 37.6 Å². The number of nitrogens with zero attached hydrogens (tertiary/aromatic N) is 4. The van der Waals surface area contributed by atoms with Crippen molar-refractivity contribution in [2.75, 3.05) is 23.7 Å². The predicted octanol–water partition coefficient (Wildman–Crippen LogP) is 1.63. The van der Waals surface area contributed by atoms with Crippen LogP contribution in [0.3, 0.4) is 0 Å². The highest BCUT2D eigenvalue weighted by molar-refractivity contribution is 7.89. The Hall–Kier alpha value is -3.31. The van der Waals surface area contributed by atoms with Gasteiger partial charge in [0.05, 0.1) is 4.90 Å². The second-order valence-corrected chi connectivity index (χ2v) is 8.33. The van der Waals surface area contributed by atoms with Crippen molar-refractivity contribution in [3.05, 3.63) is 54.4 Å². The number of nitrogens with one attached hydrogen (secondary N) is 3. The van der Waals surface area contributed by atoms with Crippen LogP contribution >= 0.6 is 0 Å². The molecular weight excluding hydrogens is 406 g/mol. The minimum atomic E-state index is -3.69. The first-order chi connectivity index (χ1) is 14.3. The van der Waals surface area contributed by atoms with Crippen molar-refractivity contribution in [2.45, 2.75) is 25.7 Å². The van der Waals surface area contributed by atoms with E-state index in [1.54, 1.807) is 37.5 Å². The second-order valence-electron chi connectivity index (χ2n) is 6.59. The topological polar surface area (TPSA) is 131 Å². The summed E-state index contributed by atoms with van der Waals surface area (Å²) < 4.78 is 29.5. The van der Waals surface area contributed by atoms with Crippen molar-refractivity contribution in [2.24, 2.45) is 0 Å². The molecule has 0 bridgehead atoms. The maximum absolute atomic E-state index is 12.6. The van der Waals surface area contributed by atoms with E-state index >= 15 is 0 Å². The molecule has 0 aliphatic rings. The van der Waals surface area contributed by atoms with Crippen molar-refractivity contribution < 1.29 is 13.2 Å². The van der Waals surface area contributed by atoms with Crippen LogP contribution < -0.4 is 15.4 Å². The number of carbonyl (C=O) groups excluding carboxylic acids is 1. The van der Waals surface area contributed by atoms with Crippen LogP contribution in [0.2, 0.25) is 0 Å². The molecule has 1 aromatic carbocycles. The van der Waals surface area contributed by atoms with E-state index in [-0.39, 0.29) is 17.3 Å². The molecule has 11 heteroatoms. The molecule has 0 radical (unpaired) electrons. The van der Waals surface area contributed by atoms with E-state index in [9.17, 15) is 13.2 Å². The number of benzene rings is 1. The van der Waals surface area contributed by atoms with Crippen LogP contribution in [0.1, 0.15) is 18.3 Å². The summed E-state index contributed by atoms with van der Waals surface area (Å²) in [4.78, 5) is 23.8. The molecule has 0 aliphatic carbocycles. The van der Waals surface area contributed by atoms with Crippen LogP contribution in [0.15, 0.2) is 47.9 Å². The maximum Gasteiger partial charge on any atom is 0.240 e. The Labute approximate surface area is 174 Å². The molecule has 0 atom stereocenters. The van der Waals surface area contributed by atoms with Crippen molar-refractivity contribution in [1.29, 1.82) is 0 Å². The number of hydrogen-bond donors (Lipinski definition) is 3. The number of sulfonamides is 1. The summed E-state index contributed by atoms with van der Waals surface area (Å²) in [7, 11) is -3.69. The van der Waals surface area contributed by atoms with E-state index in [1.165, 1.54) is 19.3 Å². The number of aromatic nitrogens is 4. The molecule has 30 heavy (non-hydrogen) atoms. The predicted molar refractivity (Wildman–Crippen MR) is 113 cm³/mol. The lowest BCUT2D eigenvalue weighted by Gasteiger charge is -2.12. The first-order valence-electron chi connectivity index (χ1n) is 9.20. The van der Waals surface area contributed by atoms with Gasteiger partial charge in [-0.2, -0.15) is 0 Å². The fourth-order valence-electron chi connectivity index (χ4n) is 2.88. The lowest BCUT2D eigenvalue weighted by atomic mass is 10.2. The largest absolute Gasteiger partial charge is 0.369 e. The van der Waals surface area contributed by atoms with Gasteiger partial charge in [0, 0.05) is 44.2 Å². The Bertz CT molecular complexity index is 1160. The minimum absolute atomic E-state index is 0.163. The van der Waals surface area contributed by atoms with Gasteiger partial charge < -0.3 is 10.6 Å². The van der Waals surface area contributed by atoms with E-state index < -0.39 is 10.0 Å². The summed E-state index contributed by atoms with van der Waals surface area (Å²) in [5.74, 6) is 1.82. The smallest absolute Gasteiger partial charge is 0.240 e. The SMILES string of the molecule is CC(=O)Nc1ccc(S(=O)(=O)NCCNc2cc(-n3ccnc3C)ncn2)c(C)c1. The highest BCUT2D eigenvalue weighted by Crippen LogP contribution is 2.19. The Morgan fingerprint density at radius 1 is 1.10 bits per heavy atom. The number of aryl methyl sites for hydroxylation is 2. The van der Waals surface area contributed by atoms with Gasteiger partial charge >= 0.3 is 0 Å². The zero-order chi connectivity index (χ0) is 21.7. The van der Waals surface area contributed by atoms with E-state index in [2.05, 4.69) is 30.3 Å². The maximum atomic E-state index is 12.6. The molecule has 3 rings (SSSR count). The van der Waals surface area contributed by atoms with Crippen LogP contribution in [-0.4, -0.2) is 46.9 Å². The summed E-state index contributed by atoms with van der Waals surface area (Å²) in [6, 6.07) is 6.41. The van der Waals surface area contributed by atoms with Gasteiger partial charge in [0.1, 0.15) is 23.8 Å². The molecule has 0 saturated carbocycles. The molecule has 0 spiro atoms. The summed E-state index contributed by atoms with van der Waals surface area (Å²) in [6.07, 6.45) is 4.92. The molecule has 10 nitrogen and oxygen atoms in total. The molecule has 1 amide bonds. The Morgan fingerprint density at radius 3 is 2.57 bits per heavy atom. The van der Waals surface area contributed by atoms with Crippen molar-refractivity contribution >= 4 is 27.4 Å². The molecular formula is C19H23N7O3S. The third kappa shape index (κ3) is 5.19. The van der Waals surface area contributed by atoms with Crippen LogP contribution in [0.5, 0.6) is 0 Å². The zero-order valence-corrected chi connectivity index (χ0v) is 17.7. The summed E-state index contributed by atoms with van der Waals surface area (Å²) >= 11 is 0. The Morgan fingerprint density at radius 2 is 1.90 bits per heavy atom. The molecule has 0 saturated heterocycles. The van der Waals surface area contributed by atoms with Crippen molar-refractivity contribution in [3.8, 4) is 5.82 Å². The summed E-state index contributed by atoms with van der Waals surface area (Å²) in [6.45, 7) is 5.44. The first kappa shape index (κ1) is 21.4. The number of rotatable bonds is 8. The molecule has 2 aromatic heterocycles. The quantitative estimate of drug-likeness (QED) is 0.464. The number of anilines is 2. The number of amides is 1. The van der Waals surface area contributed by atoms with E-state index in [0.717, 1.165) is 5.82 Å². The van der Waals surface area contributed by atoms with Crippen molar-refractivity contribution in [1.82, 2.24) is 24.2 Å². The normalized spacial score (nSPS) is 11.3. The highest BCUT2D eigenvalue weighted by atomic mass is 32.2. The van der Waals surface area contributed by atoms with E-state index in [4.69, 9.17) is 0 Å². The monoisotopic (exact) mass is 429 g/mol. The Balaban J connectivity index is 1.59. The van der Waals surface area contributed by atoms with Crippen molar-refractivity contribution in [3.63, 3.8) is 0 Å². The lowest BCUT2D eigenvalue weighted by molar-refractivity contribution is -0.114. The second kappa shape index (κ2) is 9.01. The average Bonchev–Trinajstić information content (AvgIpc) is 3.11. The average molecular weight is 430 g/mol. The lowest BCUT2D eigenvalue weighted by Crippen LogP contribution is -2.29. The number of hydrogen-bond acceptors (Lipinski definition) is 7. The fraction of sp³-hybridized carbons (Fsp3) is 0.263. The molecule has 3 N–H and O–H groups in total. The van der Waals surface area contributed by atoms with Crippen LogP contribution in [0.25, 0.3) is 5.82 Å².